The first kappa shape index (κ1) is 10.3. The smallest absolute Gasteiger partial charge is 0.438 e. The summed E-state index contributed by atoms with van der Waals surface area (Å²) in [6, 6.07) is 7.18. The molecule has 0 aliphatic carbocycles. The second-order valence-corrected chi connectivity index (χ2v) is 3.44. The Kier molecular flexibility index (Phi) is 3.47. The predicted octanol–water partition coefficient (Wildman–Crippen LogP) is 0.512. The molecule has 1 aromatic rings. The maximum Gasteiger partial charge on any atom is 0.438 e. The van der Waals surface area contributed by atoms with Crippen molar-refractivity contribution < 1.29 is 14.4 Å². The molecule has 0 spiro atoms. The van der Waals surface area contributed by atoms with Crippen LogP contribution in [0.5, 0.6) is 5.75 Å². The summed E-state index contributed by atoms with van der Waals surface area (Å²) in [4.78, 5) is 2.18. The zero-order chi connectivity index (χ0) is 10.5. The van der Waals surface area contributed by atoms with Crippen molar-refractivity contribution >= 4 is 13.4 Å². The van der Waals surface area contributed by atoms with Crippen LogP contribution in [-0.2, 0) is 9.31 Å². The maximum atomic E-state index is 9.19. The van der Waals surface area contributed by atoms with E-state index in [0.717, 1.165) is 18.8 Å². The normalized spacial score (nSPS) is 17.7. The van der Waals surface area contributed by atoms with Crippen LogP contribution >= 0.6 is 0 Å². The molecule has 1 aliphatic heterocycles. The fourth-order valence-electron chi connectivity index (χ4n) is 1.56. The zero-order valence-electron chi connectivity index (χ0n) is 8.56. The van der Waals surface area contributed by atoms with E-state index in [1.54, 1.807) is 12.1 Å². The molecule has 0 unspecified atom stereocenters. The third kappa shape index (κ3) is 2.87. The molecule has 1 fully saturated rings. The van der Waals surface area contributed by atoms with Gasteiger partial charge < -0.3 is 19.3 Å². The predicted molar refractivity (Wildman–Crippen MR) is 59.4 cm³/mol. The molecule has 0 aromatic heterocycles. The first-order valence-corrected chi connectivity index (χ1v) is 5.06. The molecule has 0 radical (unpaired) electrons. The second kappa shape index (κ2) is 5.05. The highest BCUT2D eigenvalue weighted by molar-refractivity contribution is 6.17. The van der Waals surface area contributed by atoms with Crippen molar-refractivity contribution in [3.05, 3.63) is 24.3 Å². The van der Waals surface area contributed by atoms with Crippen LogP contribution in [0.4, 0.5) is 5.69 Å². The first-order valence-electron chi connectivity index (χ1n) is 5.06. The molecule has 80 valence electrons. The Morgan fingerprint density at radius 3 is 2.27 bits per heavy atom. The molecule has 15 heavy (non-hydrogen) atoms. The fraction of sp³-hybridized carbons (Fsp3) is 0.400. The van der Waals surface area contributed by atoms with Crippen LogP contribution in [0.25, 0.3) is 0 Å². The van der Waals surface area contributed by atoms with Crippen molar-refractivity contribution in [2.45, 2.75) is 0 Å². The average Bonchev–Trinajstić information content (AvgIpc) is 2.19. The minimum Gasteiger partial charge on any atom is -0.508 e. The molecule has 0 atom stereocenters. The standard InChI is InChI=1S/C10H14BNO3/c13-10-3-1-9(2-4-10)12-5-7-14-11-15-8-6-12/h1-4,11,13H,5-8H2. The fourth-order valence-corrected chi connectivity index (χ4v) is 1.56. The van der Waals surface area contributed by atoms with Crippen LogP contribution in [-0.4, -0.2) is 39.1 Å². The Morgan fingerprint density at radius 1 is 1.07 bits per heavy atom. The van der Waals surface area contributed by atoms with Gasteiger partial charge in [-0.05, 0) is 24.3 Å². The molecule has 1 aliphatic rings. The number of phenolic OH excluding ortho intramolecular Hbond substituents is 1. The van der Waals surface area contributed by atoms with Gasteiger partial charge in [0.1, 0.15) is 5.75 Å². The van der Waals surface area contributed by atoms with Crippen LogP contribution in [0, 0.1) is 0 Å². The molecule has 2 rings (SSSR count). The van der Waals surface area contributed by atoms with E-state index >= 15 is 0 Å². The second-order valence-electron chi connectivity index (χ2n) is 3.44. The number of aromatic hydroxyl groups is 1. The van der Waals surface area contributed by atoms with Crippen molar-refractivity contribution in [2.75, 3.05) is 31.2 Å². The number of nitrogens with zero attached hydrogens (tertiary/aromatic N) is 1. The summed E-state index contributed by atoms with van der Waals surface area (Å²) < 4.78 is 10.5. The topological polar surface area (TPSA) is 41.9 Å². The number of anilines is 1. The molecule has 1 N–H and O–H groups in total. The van der Waals surface area contributed by atoms with Gasteiger partial charge >= 0.3 is 7.69 Å². The number of benzene rings is 1. The molecule has 0 bridgehead atoms. The van der Waals surface area contributed by atoms with E-state index in [9.17, 15) is 5.11 Å². The lowest BCUT2D eigenvalue weighted by Crippen LogP contribution is -2.34. The van der Waals surface area contributed by atoms with Crippen LogP contribution in [0.1, 0.15) is 0 Å². The van der Waals surface area contributed by atoms with E-state index in [1.807, 2.05) is 12.1 Å². The van der Waals surface area contributed by atoms with Crippen molar-refractivity contribution in [3.8, 4) is 5.75 Å². The van der Waals surface area contributed by atoms with Crippen molar-refractivity contribution in [1.29, 1.82) is 0 Å². The molecular formula is C10H14BNO3. The Balaban J connectivity index is 2.03. The van der Waals surface area contributed by atoms with Gasteiger partial charge in [-0.1, -0.05) is 0 Å². The Bertz CT molecular complexity index is 296. The van der Waals surface area contributed by atoms with E-state index < -0.39 is 0 Å². The summed E-state index contributed by atoms with van der Waals surface area (Å²) in [5, 5.41) is 9.19. The molecule has 0 amide bonds. The first-order chi connectivity index (χ1) is 7.36. The minimum atomic E-state index is 0.290. The molecule has 1 heterocycles. The molecular weight excluding hydrogens is 193 g/mol. The highest BCUT2D eigenvalue weighted by Gasteiger charge is 2.09. The van der Waals surface area contributed by atoms with E-state index in [1.165, 1.54) is 0 Å². The number of hydrogen-bond donors (Lipinski definition) is 1. The third-order valence-electron chi connectivity index (χ3n) is 2.39. The van der Waals surface area contributed by atoms with E-state index in [4.69, 9.17) is 9.31 Å². The molecule has 1 saturated heterocycles. The lowest BCUT2D eigenvalue weighted by molar-refractivity contribution is 0.211. The number of phenols is 1. The summed E-state index contributed by atoms with van der Waals surface area (Å²) in [5.74, 6) is 0.290. The van der Waals surface area contributed by atoms with Gasteiger partial charge in [0.25, 0.3) is 0 Å². The van der Waals surface area contributed by atoms with Crippen LogP contribution < -0.4 is 4.90 Å². The van der Waals surface area contributed by atoms with Crippen molar-refractivity contribution in [3.63, 3.8) is 0 Å². The average molecular weight is 207 g/mol. The van der Waals surface area contributed by atoms with E-state index in [-0.39, 0.29) is 0 Å². The Labute approximate surface area is 89.7 Å². The zero-order valence-corrected chi connectivity index (χ0v) is 8.56. The lowest BCUT2D eigenvalue weighted by atomic mass is 10.2. The summed E-state index contributed by atoms with van der Waals surface area (Å²) >= 11 is 0. The van der Waals surface area contributed by atoms with Gasteiger partial charge in [-0.2, -0.15) is 0 Å². The third-order valence-corrected chi connectivity index (χ3v) is 2.39. The van der Waals surface area contributed by atoms with Crippen LogP contribution in [0.15, 0.2) is 24.3 Å². The van der Waals surface area contributed by atoms with Gasteiger partial charge in [0.2, 0.25) is 0 Å². The van der Waals surface area contributed by atoms with Gasteiger partial charge in [-0.25, -0.2) is 0 Å². The van der Waals surface area contributed by atoms with Crippen molar-refractivity contribution in [2.24, 2.45) is 0 Å². The largest absolute Gasteiger partial charge is 0.508 e. The Morgan fingerprint density at radius 2 is 1.67 bits per heavy atom. The monoisotopic (exact) mass is 207 g/mol. The van der Waals surface area contributed by atoms with Crippen LogP contribution in [0.3, 0.4) is 0 Å². The summed E-state index contributed by atoms with van der Waals surface area (Å²) in [6.45, 7) is 3.05. The minimum absolute atomic E-state index is 0.290. The summed E-state index contributed by atoms with van der Waals surface area (Å²) in [6.07, 6.45) is 0. The van der Waals surface area contributed by atoms with Gasteiger partial charge in [-0.3, -0.25) is 0 Å². The molecule has 4 nitrogen and oxygen atoms in total. The summed E-state index contributed by atoms with van der Waals surface area (Å²) in [5.41, 5.74) is 1.09. The van der Waals surface area contributed by atoms with E-state index in [2.05, 4.69) is 4.90 Å². The lowest BCUT2D eigenvalue weighted by Gasteiger charge is -2.26. The molecule has 5 heteroatoms. The number of hydrogen-bond acceptors (Lipinski definition) is 4. The van der Waals surface area contributed by atoms with Crippen molar-refractivity contribution in [1.82, 2.24) is 0 Å². The van der Waals surface area contributed by atoms with Gasteiger partial charge in [0.05, 0.1) is 0 Å². The summed E-state index contributed by atoms with van der Waals surface area (Å²) in [7, 11) is 0.392. The SMILES string of the molecule is Oc1ccc(N2CCOBOCC2)cc1. The van der Waals surface area contributed by atoms with E-state index in [0.29, 0.717) is 26.6 Å². The van der Waals surface area contributed by atoms with Gasteiger partial charge in [0.15, 0.2) is 0 Å². The quantitative estimate of drug-likeness (QED) is 0.681. The highest BCUT2D eigenvalue weighted by atomic mass is 16.6. The molecule has 0 saturated carbocycles. The van der Waals surface area contributed by atoms with Gasteiger partial charge in [0, 0.05) is 32.0 Å². The Hall–Kier alpha value is -1.20. The maximum absolute atomic E-state index is 9.19. The van der Waals surface area contributed by atoms with Gasteiger partial charge in [-0.15, -0.1) is 0 Å². The number of rotatable bonds is 1. The van der Waals surface area contributed by atoms with Crippen LogP contribution in [0.2, 0.25) is 0 Å². The highest BCUT2D eigenvalue weighted by Crippen LogP contribution is 2.18. The molecule has 1 aromatic carbocycles.